The molecule has 0 saturated carbocycles. The Morgan fingerprint density at radius 3 is 3.06 bits per heavy atom. The van der Waals surface area contributed by atoms with Crippen molar-refractivity contribution in [2.24, 2.45) is 0 Å². The molecule has 0 fully saturated rings. The molecule has 18 heavy (non-hydrogen) atoms. The van der Waals surface area contributed by atoms with Crippen LogP contribution in [0.15, 0.2) is 29.6 Å². The number of H-pyrrole nitrogens is 2. The van der Waals surface area contributed by atoms with Gasteiger partial charge in [0.2, 0.25) is 0 Å². The van der Waals surface area contributed by atoms with E-state index in [1.807, 2.05) is 0 Å². The largest absolute Gasteiger partial charge is 0.495 e. The zero-order chi connectivity index (χ0) is 12.5. The molecule has 0 bridgehead atoms. The summed E-state index contributed by atoms with van der Waals surface area (Å²) in [6.45, 7) is 0. The summed E-state index contributed by atoms with van der Waals surface area (Å²) in [6.07, 6.45) is 4.61. The van der Waals surface area contributed by atoms with Crippen LogP contribution in [-0.2, 0) is 0 Å². The highest BCUT2D eigenvalue weighted by molar-refractivity contribution is 5.71. The van der Waals surface area contributed by atoms with Crippen molar-refractivity contribution in [2.45, 2.75) is 0 Å². The highest BCUT2D eigenvalue weighted by atomic mass is 16.5. The number of rotatable bonds is 2. The van der Waals surface area contributed by atoms with Gasteiger partial charge in [0.15, 0.2) is 11.2 Å². The first kappa shape index (κ1) is 10.5. The lowest BCUT2D eigenvalue weighted by atomic mass is 10.2. The number of nitrogens with zero attached hydrogens (tertiary/aromatic N) is 3. The smallest absolute Gasteiger partial charge is 0.277 e. The molecule has 0 aliphatic rings. The van der Waals surface area contributed by atoms with E-state index >= 15 is 0 Å². The zero-order valence-electron chi connectivity index (χ0n) is 9.47. The maximum Gasteiger partial charge on any atom is 0.277 e. The SMILES string of the molecule is COc1cncc(-c2nc3nc[nH]c3c(=O)[nH]2)c1. The van der Waals surface area contributed by atoms with Gasteiger partial charge in [-0.1, -0.05) is 0 Å². The molecule has 7 nitrogen and oxygen atoms in total. The van der Waals surface area contributed by atoms with E-state index in [4.69, 9.17) is 4.74 Å². The molecule has 0 spiro atoms. The minimum atomic E-state index is -0.268. The van der Waals surface area contributed by atoms with Crippen LogP contribution < -0.4 is 10.3 Å². The van der Waals surface area contributed by atoms with Crippen molar-refractivity contribution in [2.75, 3.05) is 7.11 Å². The summed E-state index contributed by atoms with van der Waals surface area (Å²) in [7, 11) is 1.55. The van der Waals surface area contributed by atoms with Gasteiger partial charge in [-0.05, 0) is 6.07 Å². The van der Waals surface area contributed by atoms with Crippen LogP contribution in [-0.4, -0.2) is 32.0 Å². The number of methoxy groups -OCH3 is 1. The quantitative estimate of drug-likeness (QED) is 0.691. The maximum atomic E-state index is 11.8. The summed E-state index contributed by atoms with van der Waals surface area (Å²) in [5.74, 6) is 1.00. The van der Waals surface area contributed by atoms with E-state index in [0.29, 0.717) is 28.3 Å². The molecule has 3 heterocycles. The van der Waals surface area contributed by atoms with Crippen molar-refractivity contribution in [3.8, 4) is 17.1 Å². The van der Waals surface area contributed by atoms with Gasteiger partial charge in [0.05, 0.1) is 19.6 Å². The number of pyridine rings is 1. The normalized spacial score (nSPS) is 10.7. The molecule has 3 aromatic rings. The fourth-order valence-electron chi connectivity index (χ4n) is 1.64. The lowest BCUT2D eigenvalue weighted by Crippen LogP contribution is -2.09. The zero-order valence-corrected chi connectivity index (χ0v) is 9.47. The van der Waals surface area contributed by atoms with Crippen LogP contribution >= 0.6 is 0 Å². The highest BCUT2D eigenvalue weighted by Crippen LogP contribution is 2.18. The number of imidazole rings is 1. The van der Waals surface area contributed by atoms with Gasteiger partial charge in [0.1, 0.15) is 11.6 Å². The number of nitrogens with one attached hydrogen (secondary N) is 2. The van der Waals surface area contributed by atoms with E-state index in [1.165, 1.54) is 6.33 Å². The van der Waals surface area contributed by atoms with Crippen molar-refractivity contribution < 1.29 is 4.74 Å². The standard InChI is InChI=1S/C11H9N5O2/c1-18-7-2-6(3-12-4-7)9-15-10-8(11(17)16-9)13-5-14-10/h2-5H,1H3,(H2,13,14,15,16,17). The van der Waals surface area contributed by atoms with Crippen molar-refractivity contribution in [1.29, 1.82) is 0 Å². The number of aromatic amines is 2. The third kappa shape index (κ3) is 1.61. The van der Waals surface area contributed by atoms with E-state index in [0.717, 1.165) is 0 Å². The van der Waals surface area contributed by atoms with Gasteiger partial charge in [-0.3, -0.25) is 9.78 Å². The number of hydrogen-bond donors (Lipinski definition) is 2. The average molecular weight is 243 g/mol. The van der Waals surface area contributed by atoms with Gasteiger partial charge in [-0.25, -0.2) is 9.97 Å². The molecular formula is C11H9N5O2. The van der Waals surface area contributed by atoms with Crippen LogP contribution in [0.3, 0.4) is 0 Å². The van der Waals surface area contributed by atoms with Crippen LogP contribution in [0.4, 0.5) is 0 Å². The molecule has 0 atom stereocenters. The monoisotopic (exact) mass is 243 g/mol. The molecule has 0 saturated heterocycles. The summed E-state index contributed by atoms with van der Waals surface area (Å²) < 4.78 is 5.07. The number of ether oxygens (including phenoxy) is 1. The molecule has 0 aliphatic heterocycles. The Morgan fingerprint density at radius 1 is 1.33 bits per heavy atom. The van der Waals surface area contributed by atoms with Gasteiger partial charge >= 0.3 is 0 Å². The first-order valence-electron chi connectivity index (χ1n) is 5.21. The average Bonchev–Trinajstić information content (AvgIpc) is 2.87. The lowest BCUT2D eigenvalue weighted by Gasteiger charge is -2.02. The molecule has 0 aliphatic carbocycles. The lowest BCUT2D eigenvalue weighted by molar-refractivity contribution is 0.413. The molecule has 7 heteroatoms. The summed E-state index contributed by atoms with van der Waals surface area (Å²) >= 11 is 0. The van der Waals surface area contributed by atoms with Crippen LogP contribution in [0, 0.1) is 0 Å². The fraction of sp³-hybridized carbons (Fsp3) is 0.0909. The highest BCUT2D eigenvalue weighted by Gasteiger charge is 2.08. The molecule has 0 aromatic carbocycles. The van der Waals surface area contributed by atoms with Crippen LogP contribution in [0.5, 0.6) is 5.75 Å². The molecular weight excluding hydrogens is 234 g/mol. The Labute approximate surface area is 101 Å². The Kier molecular flexibility index (Phi) is 2.30. The van der Waals surface area contributed by atoms with Gasteiger partial charge in [0.25, 0.3) is 5.56 Å². The fourth-order valence-corrected chi connectivity index (χ4v) is 1.64. The first-order valence-corrected chi connectivity index (χ1v) is 5.21. The minimum absolute atomic E-state index is 0.268. The summed E-state index contributed by atoms with van der Waals surface area (Å²) in [4.78, 5) is 29.4. The summed E-state index contributed by atoms with van der Waals surface area (Å²) in [5.41, 5.74) is 1.12. The Hall–Kier alpha value is -2.70. The van der Waals surface area contributed by atoms with E-state index in [9.17, 15) is 4.79 Å². The number of fused-ring (bicyclic) bond motifs is 1. The van der Waals surface area contributed by atoms with Crippen molar-refractivity contribution in [3.05, 3.63) is 35.1 Å². The second-order valence-corrected chi connectivity index (χ2v) is 3.63. The van der Waals surface area contributed by atoms with Gasteiger partial charge in [-0.15, -0.1) is 0 Å². The van der Waals surface area contributed by atoms with Gasteiger partial charge in [-0.2, -0.15) is 0 Å². The maximum absolute atomic E-state index is 11.8. The Balaban J connectivity index is 2.21. The number of aromatic nitrogens is 5. The van der Waals surface area contributed by atoms with Gasteiger partial charge < -0.3 is 14.7 Å². The van der Waals surface area contributed by atoms with E-state index < -0.39 is 0 Å². The summed E-state index contributed by atoms with van der Waals surface area (Å²) in [6, 6.07) is 1.74. The molecule has 3 rings (SSSR count). The first-order chi connectivity index (χ1) is 8.78. The van der Waals surface area contributed by atoms with Crippen molar-refractivity contribution >= 4 is 11.2 Å². The number of hydrogen-bond acceptors (Lipinski definition) is 5. The Bertz CT molecular complexity index is 761. The van der Waals surface area contributed by atoms with Crippen molar-refractivity contribution in [3.63, 3.8) is 0 Å². The molecule has 0 amide bonds. The topological polar surface area (TPSA) is 96.6 Å². The van der Waals surface area contributed by atoms with E-state index in [-0.39, 0.29) is 5.56 Å². The minimum Gasteiger partial charge on any atom is -0.495 e. The van der Waals surface area contributed by atoms with Crippen LogP contribution in [0.25, 0.3) is 22.6 Å². The molecule has 3 aromatic heterocycles. The molecule has 0 radical (unpaired) electrons. The summed E-state index contributed by atoms with van der Waals surface area (Å²) in [5, 5.41) is 0. The van der Waals surface area contributed by atoms with Crippen molar-refractivity contribution in [1.82, 2.24) is 24.9 Å². The molecule has 90 valence electrons. The predicted octanol–water partition coefficient (Wildman–Crippen LogP) is 0.717. The Morgan fingerprint density at radius 2 is 2.22 bits per heavy atom. The van der Waals surface area contributed by atoms with Crippen LogP contribution in [0.1, 0.15) is 0 Å². The molecule has 0 unspecified atom stereocenters. The van der Waals surface area contributed by atoms with Gasteiger partial charge in [0, 0.05) is 11.8 Å². The van der Waals surface area contributed by atoms with E-state index in [1.54, 1.807) is 25.6 Å². The second kappa shape index (κ2) is 3.95. The predicted molar refractivity (Wildman–Crippen MR) is 64.3 cm³/mol. The van der Waals surface area contributed by atoms with Crippen LogP contribution in [0.2, 0.25) is 0 Å². The third-order valence-electron chi connectivity index (χ3n) is 2.52. The second-order valence-electron chi connectivity index (χ2n) is 3.63. The third-order valence-corrected chi connectivity index (χ3v) is 2.52. The van der Waals surface area contributed by atoms with E-state index in [2.05, 4.69) is 24.9 Å². The molecule has 2 N–H and O–H groups in total.